The number of aliphatic hydroxyl groups is 1. The number of hydrogen-bond donors (Lipinski definition) is 2. The van der Waals surface area contributed by atoms with E-state index in [-0.39, 0.29) is 10.6 Å². The van der Waals surface area contributed by atoms with E-state index < -0.39 is 24.1 Å². The monoisotopic (exact) mass is 247 g/mol. The summed E-state index contributed by atoms with van der Waals surface area (Å²) in [6.07, 6.45) is -3.38. The standard InChI is InChI=1S/C10H11ClFNO3/c1-5(16-10(13)15)9(14)8-6(11)3-2-4-7(8)12/h2-5,9,14H,1H3,(H2,13,15). The molecule has 0 saturated carbocycles. The molecule has 0 radical (unpaired) electrons. The number of halogens is 2. The van der Waals surface area contributed by atoms with Crippen molar-refractivity contribution >= 4 is 17.7 Å². The first-order valence-electron chi connectivity index (χ1n) is 4.51. The molecule has 0 aliphatic rings. The second-order valence-electron chi connectivity index (χ2n) is 3.22. The van der Waals surface area contributed by atoms with Crippen molar-refractivity contribution in [3.05, 3.63) is 34.6 Å². The van der Waals surface area contributed by atoms with E-state index >= 15 is 0 Å². The summed E-state index contributed by atoms with van der Waals surface area (Å²) in [4.78, 5) is 10.5. The summed E-state index contributed by atoms with van der Waals surface area (Å²) in [5.74, 6) is -0.667. The molecule has 0 bridgehead atoms. The quantitative estimate of drug-likeness (QED) is 0.858. The highest BCUT2D eigenvalue weighted by Gasteiger charge is 2.24. The van der Waals surface area contributed by atoms with E-state index in [0.29, 0.717) is 0 Å². The van der Waals surface area contributed by atoms with Crippen LogP contribution in [0.25, 0.3) is 0 Å². The number of primary amides is 1. The number of ether oxygens (including phenoxy) is 1. The average molecular weight is 248 g/mol. The van der Waals surface area contributed by atoms with Gasteiger partial charge in [0.2, 0.25) is 0 Å². The maximum Gasteiger partial charge on any atom is 0.404 e. The van der Waals surface area contributed by atoms with Gasteiger partial charge < -0.3 is 15.6 Å². The molecule has 0 aliphatic heterocycles. The predicted molar refractivity (Wildman–Crippen MR) is 56.5 cm³/mol. The molecule has 0 spiro atoms. The van der Waals surface area contributed by atoms with Crippen molar-refractivity contribution in [2.24, 2.45) is 5.73 Å². The second kappa shape index (κ2) is 5.14. The van der Waals surface area contributed by atoms with Crippen LogP contribution in [-0.4, -0.2) is 17.3 Å². The Hall–Kier alpha value is -1.33. The van der Waals surface area contributed by atoms with Crippen molar-refractivity contribution in [3.63, 3.8) is 0 Å². The van der Waals surface area contributed by atoms with Crippen molar-refractivity contribution in [3.8, 4) is 0 Å². The molecular formula is C10H11ClFNO3. The molecule has 1 rings (SSSR count). The normalized spacial score (nSPS) is 14.2. The zero-order valence-corrected chi connectivity index (χ0v) is 9.24. The highest BCUT2D eigenvalue weighted by atomic mass is 35.5. The maximum atomic E-state index is 13.4. The molecule has 0 heterocycles. The first kappa shape index (κ1) is 12.7. The van der Waals surface area contributed by atoms with Gasteiger partial charge in [-0.1, -0.05) is 17.7 Å². The molecule has 4 nitrogen and oxygen atoms in total. The van der Waals surface area contributed by atoms with E-state index in [4.69, 9.17) is 17.3 Å². The van der Waals surface area contributed by atoms with Gasteiger partial charge in [-0.15, -0.1) is 0 Å². The molecule has 2 atom stereocenters. The van der Waals surface area contributed by atoms with Crippen LogP contribution in [0.3, 0.4) is 0 Å². The lowest BCUT2D eigenvalue weighted by molar-refractivity contribution is 0.0140. The molecule has 1 amide bonds. The van der Waals surface area contributed by atoms with Crippen LogP contribution in [-0.2, 0) is 4.74 Å². The number of aliphatic hydroxyl groups excluding tert-OH is 1. The van der Waals surface area contributed by atoms with E-state index in [1.807, 2.05) is 0 Å². The number of amides is 1. The molecule has 0 aliphatic carbocycles. The molecule has 1 aromatic carbocycles. The van der Waals surface area contributed by atoms with Gasteiger partial charge >= 0.3 is 6.09 Å². The number of carbonyl (C=O) groups is 1. The van der Waals surface area contributed by atoms with Gasteiger partial charge in [0.05, 0.1) is 0 Å². The molecule has 0 fully saturated rings. The topological polar surface area (TPSA) is 72.5 Å². The second-order valence-corrected chi connectivity index (χ2v) is 3.63. The molecule has 88 valence electrons. The predicted octanol–water partition coefficient (Wildman–Crippen LogP) is 2.00. The Balaban J connectivity index is 2.95. The first-order valence-corrected chi connectivity index (χ1v) is 4.89. The van der Waals surface area contributed by atoms with E-state index in [2.05, 4.69) is 4.74 Å². The fourth-order valence-electron chi connectivity index (χ4n) is 1.28. The molecule has 2 unspecified atom stereocenters. The third kappa shape index (κ3) is 2.84. The number of benzene rings is 1. The summed E-state index contributed by atoms with van der Waals surface area (Å²) in [5, 5.41) is 9.80. The lowest BCUT2D eigenvalue weighted by atomic mass is 10.0. The largest absolute Gasteiger partial charge is 0.444 e. The summed E-state index contributed by atoms with van der Waals surface area (Å²) in [7, 11) is 0. The van der Waals surface area contributed by atoms with Gasteiger partial charge in [-0.3, -0.25) is 0 Å². The van der Waals surface area contributed by atoms with Crippen LogP contribution in [0.2, 0.25) is 5.02 Å². The Morgan fingerprint density at radius 3 is 2.75 bits per heavy atom. The Kier molecular flexibility index (Phi) is 4.09. The van der Waals surface area contributed by atoms with Crippen LogP contribution in [0, 0.1) is 5.82 Å². The van der Waals surface area contributed by atoms with Crippen LogP contribution in [0.15, 0.2) is 18.2 Å². The first-order chi connectivity index (χ1) is 7.43. The molecular weight excluding hydrogens is 237 g/mol. The van der Waals surface area contributed by atoms with Gasteiger partial charge in [-0.05, 0) is 19.1 Å². The van der Waals surface area contributed by atoms with Crippen molar-refractivity contribution in [2.45, 2.75) is 19.1 Å². The van der Waals surface area contributed by atoms with Crippen LogP contribution in [0.1, 0.15) is 18.6 Å². The molecule has 1 aromatic rings. The highest BCUT2D eigenvalue weighted by molar-refractivity contribution is 6.31. The number of rotatable bonds is 3. The Morgan fingerprint density at radius 1 is 1.62 bits per heavy atom. The van der Waals surface area contributed by atoms with Crippen LogP contribution in [0.5, 0.6) is 0 Å². The van der Waals surface area contributed by atoms with Crippen molar-refractivity contribution in [2.75, 3.05) is 0 Å². The van der Waals surface area contributed by atoms with E-state index in [9.17, 15) is 14.3 Å². The fourth-order valence-corrected chi connectivity index (χ4v) is 1.55. The summed E-state index contributed by atoms with van der Waals surface area (Å²) in [5.41, 5.74) is 4.67. The molecule has 0 saturated heterocycles. The summed E-state index contributed by atoms with van der Waals surface area (Å²) in [6.45, 7) is 1.39. The van der Waals surface area contributed by atoms with Crippen molar-refractivity contribution in [1.82, 2.24) is 0 Å². The fraction of sp³-hybridized carbons (Fsp3) is 0.300. The molecule has 0 aromatic heterocycles. The van der Waals surface area contributed by atoms with Crippen LogP contribution >= 0.6 is 11.6 Å². The van der Waals surface area contributed by atoms with Crippen LogP contribution < -0.4 is 5.73 Å². The van der Waals surface area contributed by atoms with Gasteiger partial charge in [0.1, 0.15) is 18.0 Å². The third-order valence-corrected chi connectivity index (χ3v) is 2.37. The molecule has 6 heteroatoms. The number of hydrogen-bond acceptors (Lipinski definition) is 3. The van der Waals surface area contributed by atoms with Crippen LogP contribution in [0.4, 0.5) is 9.18 Å². The van der Waals surface area contributed by atoms with Gasteiger partial charge in [0, 0.05) is 10.6 Å². The Bertz CT molecular complexity index is 379. The minimum Gasteiger partial charge on any atom is -0.444 e. The van der Waals surface area contributed by atoms with Gasteiger partial charge in [0.25, 0.3) is 0 Å². The minimum absolute atomic E-state index is 0.0624. The van der Waals surface area contributed by atoms with E-state index in [1.54, 1.807) is 0 Å². The van der Waals surface area contributed by atoms with Gasteiger partial charge in [-0.25, -0.2) is 9.18 Å². The maximum absolute atomic E-state index is 13.4. The molecule has 3 N–H and O–H groups in total. The number of nitrogens with two attached hydrogens (primary N) is 1. The summed E-state index contributed by atoms with van der Waals surface area (Å²) < 4.78 is 17.9. The zero-order chi connectivity index (χ0) is 12.3. The lowest BCUT2D eigenvalue weighted by Crippen LogP contribution is -2.26. The lowest BCUT2D eigenvalue weighted by Gasteiger charge is -2.19. The number of carbonyl (C=O) groups excluding carboxylic acids is 1. The Morgan fingerprint density at radius 2 is 2.25 bits per heavy atom. The third-order valence-electron chi connectivity index (χ3n) is 2.04. The van der Waals surface area contributed by atoms with Crippen molar-refractivity contribution in [1.29, 1.82) is 0 Å². The van der Waals surface area contributed by atoms with E-state index in [1.165, 1.54) is 19.1 Å². The molecule has 16 heavy (non-hydrogen) atoms. The highest BCUT2D eigenvalue weighted by Crippen LogP contribution is 2.28. The SMILES string of the molecule is CC(OC(N)=O)C(O)c1c(F)cccc1Cl. The minimum atomic E-state index is -1.36. The summed E-state index contributed by atoms with van der Waals surface area (Å²) in [6, 6.07) is 4.00. The average Bonchev–Trinajstić information content (AvgIpc) is 2.16. The smallest absolute Gasteiger partial charge is 0.404 e. The Labute approximate surface area is 96.8 Å². The summed E-state index contributed by atoms with van der Waals surface area (Å²) >= 11 is 5.73. The van der Waals surface area contributed by atoms with E-state index in [0.717, 1.165) is 6.07 Å². The van der Waals surface area contributed by atoms with Gasteiger partial charge in [-0.2, -0.15) is 0 Å². The zero-order valence-electron chi connectivity index (χ0n) is 8.48. The van der Waals surface area contributed by atoms with Gasteiger partial charge in [0.15, 0.2) is 0 Å². The van der Waals surface area contributed by atoms with Crippen molar-refractivity contribution < 1.29 is 19.0 Å².